The number of hydrogen-bond acceptors (Lipinski definition) is 6. The van der Waals surface area contributed by atoms with Crippen LogP contribution in [0.15, 0.2) is 54.0 Å². The van der Waals surface area contributed by atoms with Gasteiger partial charge in [0.25, 0.3) is 11.8 Å². The van der Waals surface area contributed by atoms with E-state index in [0.717, 1.165) is 44.1 Å². The topological polar surface area (TPSA) is 77.6 Å². The number of carbonyl (C=O) groups excluding carboxylic acids is 2. The van der Waals surface area contributed by atoms with Crippen LogP contribution in [0.25, 0.3) is 0 Å². The van der Waals surface area contributed by atoms with E-state index in [1.54, 1.807) is 36.5 Å². The molecule has 7 nitrogen and oxygen atoms in total. The first-order chi connectivity index (χ1) is 16.0. The van der Waals surface area contributed by atoms with Crippen LogP contribution in [0, 0.1) is 0 Å². The van der Waals surface area contributed by atoms with Crippen molar-refractivity contribution in [1.29, 1.82) is 0 Å². The van der Waals surface area contributed by atoms with Gasteiger partial charge in [0.1, 0.15) is 5.82 Å². The molecular weight excluding hydrogens is 458 g/mol. The van der Waals surface area contributed by atoms with E-state index in [9.17, 15) is 9.59 Å². The van der Waals surface area contributed by atoms with Gasteiger partial charge in [-0.1, -0.05) is 30.7 Å². The zero-order chi connectivity index (χ0) is 23.2. The largest absolute Gasteiger partial charge is 0.354 e. The summed E-state index contributed by atoms with van der Waals surface area (Å²) in [7, 11) is 0. The molecule has 1 aromatic carbocycles. The van der Waals surface area contributed by atoms with Crippen molar-refractivity contribution in [3.63, 3.8) is 0 Å². The summed E-state index contributed by atoms with van der Waals surface area (Å²) in [6, 6.07) is 12.4. The van der Waals surface area contributed by atoms with E-state index in [-0.39, 0.29) is 11.8 Å². The van der Waals surface area contributed by atoms with Crippen LogP contribution in [0.1, 0.15) is 32.5 Å². The van der Waals surface area contributed by atoms with Gasteiger partial charge in [-0.3, -0.25) is 9.59 Å². The number of halogens is 1. The summed E-state index contributed by atoms with van der Waals surface area (Å²) in [4.78, 5) is 34.9. The van der Waals surface area contributed by atoms with Crippen LogP contribution >= 0.6 is 22.9 Å². The predicted molar refractivity (Wildman–Crippen MR) is 133 cm³/mol. The second kappa shape index (κ2) is 10.8. The van der Waals surface area contributed by atoms with E-state index in [1.807, 2.05) is 17.5 Å². The SMILES string of the molecule is CCN1CCN(c2ccc(CNC(=O)c3ccc(Cl)c(NC(=O)c4cccs4)c3)cn2)CC1. The van der Waals surface area contributed by atoms with Gasteiger partial charge in [-0.25, -0.2) is 4.98 Å². The van der Waals surface area contributed by atoms with Crippen molar-refractivity contribution in [2.24, 2.45) is 0 Å². The lowest BCUT2D eigenvalue weighted by Crippen LogP contribution is -2.46. The highest BCUT2D eigenvalue weighted by atomic mass is 35.5. The Morgan fingerprint density at radius 2 is 1.91 bits per heavy atom. The summed E-state index contributed by atoms with van der Waals surface area (Å²) < 4.78 is 0. The number of likely N-dealkylation sites (N-methyl/N-ethyl adjacent to an activating group) is 1. The molecule has 33 heavy (non-hydrogen) atoms. The highest BCUT2D eigenvalue weighted by molar-refractivity contribution is 7.12. The molecule has 9 heteroatoms. The van der Waals surface area contributed by atoms with Crippen molar-refractivity contribution < 1.29 is 9.59 Å². The first-order valence-corrected chi connectivity index (χ1v) is 12.1. The molecule has 2 N–H and O–H groups in total. The molecule has 3 aromatic rings. The Labute approximate surface area is 202 Å². The Kier molecular flexibility index (Phi) is 7.59. The molecule has 2 amide bonds. The zero-order valence-electron chi connectivity index (χ0n) is 18.4. The maximum atomic E-state index is 12.7. The maximum absolute atomic E-state index is 12.7. The second-order valence-electron chi connectivity index (χ2n) is 7.75. The standard InChI is InChI=1S/C24H26ClN5O2S/c1-2-29-9-11-30(12-10-29)22-8-5-17(15-26-22)16-27-23(31)18-6-7-19(25)20(14-18)28-24(32)21-4-3-13-33-21/h3-8,13-15H,2,9-12,16H2,1H3,(H,27,31)(H,28,32). The number of thiophene rings is 1. The lowest BCUT2D eigenvalue weighted by atomic mass is 10.1. The number of amides is 2. The Morgan fingerprint density at radius 3 is 2.58 bits per heavy atom. The van der Waals surface area contributed by atoms with Gasteiger partial charge in [-0.05, 0) is 47.8 Å². The first kappa shape index (κ1) is 23.2. The van der Waals surface area contributed by atoms with Crippen molar-refractivity contribution in [3.05, 3.63) is 75.1 Å². The molecule has 1 aliphatic heterocycles. The molecule has 1 aliphatic rings. The molecule has 2 aromatic heterocycles. The molecule has 0 atom stereocenters. The van der Waals surface area contributed by atoms with Crippen molar-refractivity contribution >= 4 is 46.3 Å². The van der Waals surface area contributed by atoms with Crippen molar-refractivity contribution in [1.82, 2.24) is 15.2 Å². The number of nitrogens with zero attached hydrogens (tertiary/aromatic N) is 3. The van der Waals surface area contributed by atoms with Gasteiger partial charge < -0.3 is 20.4 Å². The van der Waals surface area contributed by atoms with Crippen molar-refractivity contribution in [2.75, 3.05) is 42.9 Å². The number of pyridine rings is 1. The van der Waals surface area contributed by atoms with Gasteiger partial charge in [0.05, 0.1) is 15.6 Å². The number of hydrogen-bond donors (Lipinski definition) is 2. The molecule has 3 heterocycles. The predicted octanol–water partition coefficient (Wildman–Crippen LogP) is 4.12. The minimum absolute atomic E-state index is 0.252. The van der Waals surface area contributed by atoms with Crippen molar-refractivity contribution in [3.8, 4) is 0 Å². The monoisotopic (exact) mass is 483 g/mol. The summed E-state index contributed by atoms with van der Waals surface area (Å²) in [6.45, 7) is 7.66. The van der Waals surface area contributed by atoms with Crippen LogP contribution < -0.4 is 15.5 Å². The summed E-state index contributed by atoms with van der Waals surface area (Å²) >= 11 is 7.55. The fourth-order valence-electron chi connectivity index (χ4n) is 3.64. The van der Waals surface area contributed by atoms with Crippen LogP contribution in [-0.2, 0) is 6.54 Å². The number of carbonyl (C=O) groups is 2. The third-order valence-corrected chi connectivity index (χ3v) is 6.83. The van der Waals surface area contributed by atoms with Gasteiger partial charge in [-0.2, -0.15) is 0 Å². The third kappa shape index (κ3) is 5.90. The Morgan fingerprint density at radius 1 is 1.09 bits per heavy atom. The number of piperazine rings is 1. The molecule has 1 saturated heterocycles. The van der Waals surface area contributed by atoms with Gasteiger partial charge >= 0.3 is 0 Å². The fourth-order valence-corrected chi connectivity index (χ4v) is 4.42. The molecule has 0 unspecified atom stereocenters. The minimum Gasteiger partial charge on any atom is -0.354 e. The Hall–Kier alpha value is -2.94. The smallest absolute Gasteiger partial charge is 0.265 e. The van der Waals surface area contributed by atoms with Gasteiger partial charge in [-0.15, -0.1) is 11.3 Å². The molecule has 0 aliphatic carbocycles. The van der Waals surface area contributed by atoms with Crippen LogP contribution in [0.3, 0.4) is 0 Å². The first-order valence-electron chi connectivity index (χ1n) is 10.9. The van der Waals surface area contributed by atoms with Crippen LogP contribution in [0.2, 0.25) is 5.02 Å². The van der Waals surface area contributed by atoms with E-state index < -0.39 is 0 Å². The number of anilines is 2. The average Bonchev–Trinajstić information content (AvgIpc) is 3.40. The van der Waals surface area contributed by atoms with E-state index in [2.05, 4.69) is 32.3 Å². The highest BCUT2D eigenvalue weighted by Crippen LogP contribution is 2.24. The van der Waals surface area contributed by atoms with E-state index in [0.29, 0.717) is 27.7 Å². The molecular formula is C24H26ClN5O2S. The van der Waals surface area contributed by atoms with Gasteiger partial charge in [0.2, 0.25) is 0 Å². The van der Waals surface area contributed by atoms with Crippen LogP contribution in [-0.4, -0.2) is 54.4 Å². The fraction of sp³-hybridized carbons (Fsp3) is 0.292. The summed E-state index contributed by atoms with van der Waals surface area (Å²) in [5, 5.41) is 7.87. The average molecular weight is 484 g/mol. The molecule has 0 spiro atoms. The molecule has 172 valence electrons. The van der Waals surface area contributed by atoms with Crippen LogP contribution in [0.5, 0.6) is 0 Å². The number of aromatic nitrogens is 1. The van der Waals surface area contributed by atoms with Gasteiger partial charge in [0, 0.05) is 44.5 Å². The highest BCUT2D eigenvalue weighted by Gasteiger charge is 2.17. The third-order valence-electron chi connectivity index (χ3n) is 5.63. The van der Waals surface area contributed by atoms with E-state index in [4.69, 9.17) is 11.6 Å². The zero-order valence-corrected chi connectivity index (χ0v) is 20.0. The number of rotatable bonds is 7. The molecule has 0 saturated carbocycles. The molecule has 4 rings (SSSR count). The lowest BCUT2D eigenvalue weighted by Gasteiger charge is -2.34. The number of nitrogens with one attached hydrogen (secondary N) is 2. The van der Waals surface area contributed by atoms with E-state index >= 15 is 0 Å². The van der Waals surface area contributed by atoms with Crippen molar-refractivity contribution in [2.45, 2.75) is 13.5 Å². The molecule has 0 radical (unpaired) electrons. The summed E-state index contributed by atoms with van der Waals surface area (Å²) in [5.74, 6) is 0.453. The second-order valence-corrected chi connectivity index (χ2v) is 9.11. The number of benzene rings is 1. The van der Waals surface area contributed by atoms with E-state index in [1.165, 1.54) is 11.3 Å². The van der Waals surface area contributed by atoms with Gasteiger partial charge in [0.15, 0.2) is 0 Å². The normalized spacial score (nSPS) is 14.2. The van der Waals surface area contributed by atoms with Crippen LogP contribution in [0.4, 0.5) is 11.5 Å². The summed E-state index contributed by atoms with van der Waals surface area (Å²) in [6.07, 6.45) is 1.80. The lowest BCUT2D eigenvalue weighted by molar-refractivity contribution is 0.0949. The maximum Gasteiger partial charge on any atom is 0.265 e. The molecule has 1 fully saturated rings. The Bertz CT molecular complexity index is 1100. The summed E-state index contributed by atoms with van der Waals surface area (Å²) in [5.41, 5.74) is 1.73. The quantitative estimate of drug-likeness (QED) is 0.528. The Balaban J connectivity index is 1.33. The minimum atomic E-state index is -0.258. The molecule has 0 bridgehead atoms.